The number of amides is 1. The summed E-state index contributed by atoms with van der Waals surface area (Å²) in [6, 6.07) is 0. The number of carbonyl (C=O) groups excluding carboxylic acids is 1. The van der Waals surface area contributed by atoms with Crippen molar-refractivity contribution in [3.63, 3.8) is 0 Å². The summed E-state index contributed by atoms with van der Waals surface area (Å²) in [5.41, 5.74) is 0.424. The molecule has 2 rings (SSSR count). The van der Waals surface area contributed by atoms with E-state index in [1.54, 1.807) is 12.4 Å². The lowest BCUT2D eigenvalue weighted by atomic mass is 10.1. The number of aromatic nitrogens is 2. The number of rotatable bonds is 5. The highest BCUT2D eigenvalue weighted by Gasteiger charge is 2.27. The van der Waals surface area contributed by atoms with Crippen LogP contribution in [0.3, 0.4) is 0 Å². The van der Waals surface area contributed by atoms with Gasteiger partial charge in [0.2, 0.25) is 0 Å². The molecule has 0 spiro atoms. The minimum Gasteiger partial charge on any atom is -0.381 e. The quantitative estimate of drug-likeness (QED) is 0.739. The summed E-state index contributed by atoms with van der Waals surface area (Å²) in [6.07, 6.45) is 6.68. The normalized spacial score (nSPS) is 19.2. The Labute approximate surface area is 107 Å². The number of nitrogens with zero attached hydrogens (tertiary/aromatic N) is 3. The van der Waals surface area contributed by atoms with E-state index in [1.165, 1.54) is 6.20 Å². The largest absolute Gasteiger partial charge is 0.381 e. The standard InChI is InChI=1S/C13H19N3O2/c1-2-7-18-10-11-3-6-16(9-11)13(17)12-8-14-4-5-15-12/h4-5,8,11H,2-3,6-7,9-10H2,1H3. The molecule has 1 fully saturated rings. The first kappa shape index (κ1) is 13.0. The van der Waals surface area contributed by atoms with Gasteiger partial charge in [0, 0.05) is 38.0 Å². The molecular weight excluding hydrogens is 230 g/mol. The molecule has 0 aromatic carbocycles. The van der Waals surface area contributed by atoms with E-state index in [-0.39, 0.29) is 5.91 Å². The van der Waals surface area contributed by atoms with Gasteiger partial charge < -0.3 is 9.64 Å². The fourth-order valence-corrected chi connectivity index (χ4v) is 2.12. The second kappa shape index (κ2) is 6.44. The molecule has 2 heterocycles. The van der Waals surface area contributed by atoms with Gasteiger partial charge in [-0.05, 0) is 12.8 Å². The SMILES string of the molecule is CCCOCC1CCN(C(=O)c2cnccn2)C1. The third kappa shape index (κ3) is 3.26. The van der Waals surface area contributed by atoms with Crippen LogP contribution in [0.1, 0.15) is 30.3 Å². The fourth-order valence-electron chi connectivity index (χ4n) is 2.12. The van der Waals surface area contributed by atoms with Crippen LogP contribution in [0.2, 0.25) is 0 Å². The molecule has 0 radical (unpaired) electrons. The van der Waals surface area contributed by atoms with Crippen molar-refractivity contribution < 1.29 is 9.53 Å². The van der Waals surface area contributed by atoms with Gasteiger partial charge in [-0.3, -0.25) is 9.78 Å². The average molecular weight is 249 g/mol. The lowest BCUT2D eigenvalue weighted by Crippen LogP contribution is -2.30. The lowest BCUT2D eigenvalue weighted by molar-refractivity contribution is 0.0748. The zero-order valence-corrected chi connectivity index (χ0v) is 10.7. The van der Waals surface area contributed by atoms with E-state index in [1.807, 2.05) is 4.90 Å². The molecule has 0 saturated carbocycles. The number of ether oxygens (including phenoxy) is 1. The van der Waals surface area contributed by atoms with E-state index >= 15 is 0 Å². The number of hydrogen-bond donors (Lipinski definition) is 0. The Morgan fingerprint density at radius 1 is 1.56 bits per heavy atom. The number of hydrogen-bond acceptors (Lipinski definition) is 4. The molecule has 1 aliphatic rings. The van der Waals surface area contributed by atoms with E-state index in [0.29, 0.717) is 11.6 Å². The van der Waals surface area contributed by atoms with Crippen LogP contribution in [-0.2, 0) is 4.74 Å². The van der Waals surface area contributed by atoms with Gasteiger partial charge in [0.25, 0.3) is 5.91 Å². The van der Waals surface area contributed by atoms with E-state index in [9.17, 15) is 4.79 Å². The molecule has 5 heteroatoms. The molecule has 1 atom stereocenters. The van der Waals surface area contributed by atoms with Crippen LogP contribution in [-0.4, -0.2) is 47.1 Å². The van der Waals surface area contributed by atoms with E-state index in [0.717, 1.165) is 39.1 Å². The molecule has 0 aliphatic carbocycles. The van der Waals surface area contributed by atoms with E-state index in [2.05, 4.69) is 16.9 Å². The summed E-state index contributed by atoms with van der Waals surface area (Å²) in [7, 11) is 0. The smallest absolute Gasteiger partial charge is 0.274 e. The summed E-state index contributed by atoms with van der Waals surface area (Å²) in [5.74, 6) is 0.429. The first-order valence-electron chi connectivity index (χ1n) is 6.44. The maximum Gasteiger partial charge on any atom is 0.274 e. The number of likely N-dealkylation sites (tertiary alicyclic amines) is 1. The Morgan fingerprint density at radius 3 is 3.17 bits per heavy atom. The van der Waals surface area contributed by atoms with Gasteiger partial charge in [-0.1, -0.05) is 6.92 Å². The van der Waals surface area contributed by atoms with Gasteiger partial charge >= 0.3 is 0 Å². The Bertz CT molecular complexity index is 383. The third-order valence-electron chi connectivity index (χ3n) is 3.06. The Balaban J connectivity index is 1.83. The molecule has 1 aromatic rings. The molecule has 1 unspecified atom stereocenters. The maximum atomic E-state index is 12.1. The van der Waals surface area contributed by atoms with Gasteiger partial charge in [0.15, 0.2) is 0 Å². The van der Waals surface area contributed by atoms with Gasteiger partial charge in [-0.15, -0.1) is 0 Å². The molecular formula is C13H19N3O2. The molecule has 1 amide bonds. The Hall–Kier alpha value is -1.49. The predicted molar refractivity (Wildman–Crippen MR) is 67.2 cm³/mol. The molecule has 0 bridgehead atoms. The van der Waals surface area contributed by atoms with Crippen molar-refractivity contribution >= 4 is 5.91 Å². The lowest BCUT2D eigenvalue weighted by Gasteiger charge is -2.15. The average Bonchev–Trinajstić information content (AvgIpc) is 2.88. The second-order valence-electron chi connectivity index (χ2n) is 4.57. The highest BCUT2D eigenvalue weighted by molar-refractivity contribution is 5.92. The van der Waals surface area contributed by atoms with Crippen molar-refractivity contribution in [3.8, 4) is 0 Å². The minimum absolute atomic E-state index is 0.0268. The molecule has 1 saturated heterocycles. The summed E-state index contributed by atoms with van der Waals surface area (Å²) < 4.78 is 5.53. The predicted octanol–water partition coefficient (Wildman–Crippen LogP) is 1.37. The highest BCUT2D eigenvalue weighted by atomic mass is 16.5. The van der Waals surface area contributed by atoms with Crippen LogP contribution in [0, 0.1) is 5.92 Å². The van der Waals surface area contributed by atoms with E-state index in [4.69, 9.17) is 4.74 Å². The summed E-state index contributed by atoms with van der Waals surface area (Å²) in [4.78, 5) is 21.9. The summed E-state index contributed by atoms with van der Waals surface area (Å²) >= 11 is 0. The Kier molecular flexibility index (Phi) is 4.64. The summed E-state index contributed by atoms with van der Waals surface area (Å²) in [6.45, 7) is 5.19. The van der Waals surface area contributed by atoms with Crippen LogP contribution < -0.4 is 0 Å². The third-order valence-corrected chi connectivity index (χ3v) is 3.06. The maximum absolute atomic E-state index is 12.1. The molecule has 18 heavy (non-hydrogen) atoms. The molecule has 5 nitrogen and oxygen atoms in total. The summed E-state index contributed by atoms with van der Waals surface area (Å²) in [5, 5.41) is 0. The van der Waals surface area contributed by atoms with Crippen LogP contribution in [0.4, 0.5) is 0 Å². The van der Waals surface area contributed by atoms with E-state index < -0.39 is 0 Å². The Morgan fingerprint density at radius 2 is 2.44 bits per heavy atom. The van der Waals surface area contributed by atoms with Crippen LogP contribution in [0.15, 0.2) is 18.6 Å². The molecule has 0 N–H and O–H groups in total. The second-order valence-corrected chi connectivity index (χ2v) is 4.57. The van der Waals surface area contributed by atoms with Crippen molar-refractivity contribution in [2.45, 2.75) is 19.8 Å². The fraction of sp³-hybridized carbons (Fsp3) is 0.615. The van der Waals surface area contributed by atoms with Crippen molar-refractivity contribution in [2.75, 3.05) is 26.3 Å². The number of carbonyl (C=O) groups is 1. The first-order valence-corrected chi connectivity index (χ1v) is 6.44. The monoisotopic (exact) mass is 249 g/mol. The zero-order valence-electron chi connectivity index (χ0n) is 10.7. The van der Waals surface area contributed by atoms with Crippen molar-refractivity contribution in [3.05, 3.63) is 24.3 Å². The van der Waals surface area contributed by atoms with Gasteiger partial charge in [-0.2, -0.15) is 0 Å². The topological polar surface area (TPSA) is 55.3 Å². The molecule has 98 valence electrons. The minimum atomic E-state index is -0.0268. The molecule has 1 aliphatic heterocycles. The van der Waals surface area contributed by atoms with Gasteiger partial charge in [0.1, 0.15) is 5.69 Å². The van der Waals surface area contributed by atoms with Crippen LogP contribution in [0.5, 0.6) is 0 Å². The van der Waals surface area contributed by atoms with Crippen molar-refractivity contribution in [1.29, 1.82) is 0 Å². The van der Waals surface area contributed by atoms with Crippen LogP contribution in [0.25, 0.3) is 0 Å². The first-order chi connectivity index (χ1) is 8.81. The highest BCUT2D eigenvalue weighted by Crippen LogP contribution is 2.18. The van der Waals surface area contributed by atoms with Gasteiger partial charge in [-0.25, -0.2) is 4.98 Å². The molecule has 1 aromatic heterocycles. The van der Waals surface area contributed by atoms with Crippen molar-refractivity contribution in [1.82, 2.24) is 14.9 Å². The van der Waals surface area contributed by atoms with Crippen molar-refractivity contribution in [2.24, 2.45) is 5.92 Å². The zero-order chi connectivity index (χ0) is 12.8. The van der Waals surface area contributed by atoms with Gasteiger partial charge in [0.05, 0.1) is 12.8 Å². The van der Waals surface area contributed by atoms with Crippen LogP contribution >= 0.6 is 0 Å².